The maximum atomic E-state index is 5.22. The zero-order valence-electron chi connectivity index (χ0n) is 7.10. The normalized spacial score (nSPS) is 13.0. The highest BCUT2D eigenvalue weighted by molar-refractivity contribution is 4.72. The third-order valence-corrected chi connectivity index (χ3v) is 1.64. The lowest BCUT2D eigenvalue weighted by atomic mass is 10.1. The van der Waals surface area contributed by atoms with E-state index in [0.717, 1.165) is 6.42 Å². The van der Waals surface area contributed by atoms with Crippen LogP contribution in [0.2, 0.25) is 0 Å². The molecule has 0 bridgehead atoms. The van der Waals surface area contributed by atoms with Crippen LogP contribution in [-0.2, 0) is 4.74 Å². The van der Waals surface area contributed by atoms with Crippen molar-refractivity contribution in [3.05, 3.63) is 12.7 Å². The van der Waals surface area contributed by atoms with Gasteiger partial charge in [0.1, 0.15) is 0 Å². The molecule has 1 unspecified atom stereocenters. The van der Waals surface area contributed by atoms with E-state index in [1.807, 2.05) is 6.08 Å². The Morgan fingerprint density at radius 1 is 1.60 bits per heavy atom. The number of hydrogen-bond donors (Lipinski definition) is 0. The molecule has 0 aliphatic carbocycles. The molecule has 0 fully saturated rings. The first-order valence-electron chi connectivity index (χ1n) is 3.98. The molecule has 0 aliphatic rings. The number of methoxy groups -OCH3 is 1. The minimum Gasteiger partial charge on any atom is -0.381 e. The molecule has 0 amide bonds. The van der Waals surface area contributed by atoms with Crippen molar-refractivity contribution >= 4 is 0 Å². The Balaban J connectivity index is 3.29. The predicted molar refractivity (Wildman–Crippen MR) is 45.1 cm³/mol. The van der Waals surface area contributed by atoms with Gasteiger partial charge in [0.25, 0.3) is 0 Å². The molecule has 0 spiro atoms. The molecule has 10 heavy (non-hydrogen) atoms. The summed E-state index contributed by atoms with van der Waals surface area (Å²) < 4.78 is 5.22. The highest BCUT2D eigenvalue weighted by Crippen LogP contribution is 2.07. The summed E-state index contributed by atoms with van der Waals surface area (Å²) >= 11 is 0. The van der Waals surface area contributed by atoms with Gasteiger partial charge in [-0.15, -0.1) is 6.58 Å². The lowest BCUT2D eigenvalue weighted by molar-refractivity contribution is 0.0958. The predicted octanol–water partition coefficient (Wildman–Crippen LogP) is 2.77. The van der Waals surface area contributed by atoms with E-state index in [1.165, 1.54) is 19.3 Å². The van der Waals surface area contributed by atoms with Crippen LogP contribution < -0.4 is 0 Å². The Morgan fingerprint density at radius 2 is 2.30 bits per heavy atom. The molecule has 0 saturated heterocycles. The van der Waals surface area contributed by atoms with E-state index in [9.17, 15) is 0 Å². The second-order valence-electron chi connectivity index (χ2n) is 2.52. The summed E-state index contributed by atoms with van der Waals surface area (Å²) in [4.78, 5) is 0. The Labute approximate surface area is 64.1 Å². The van der Waals surface area contributed by atoms with Gasteiger partial charge >= 0.3 is 0 Å². The molecule has 0 saturated carbocycles. The lowest BCUT2D eigenvalue weighted by Crippen LogP contribution is -2.08. The molecule has 1 nitrogen and oxygen atoms in total. The molecule has 0 aromatic carbocycles. The second kappa shape index (κ2) is 6.81. The Bertz CT molecular complexity index is 78.8. The van der Waals surface area contributed by atoms with Crippen molar-refractivity contribution in [2.75, 3.05) is 7.11 Å². The third kappa shape index (κ3) is 4.57. The van der Waals surface area contributed by atoms with Gasteiger partial charge in [0, 0.05) is 7.11 Å². The fourth-order valence-electron chi connectivity index (χ4n) is 0.950. The van der Waals surface area contributed by atoms with E-state index in [2.05, 4.69) is 13.5 Å². The maximum absolute atomic E-state index is 5.22. The molecule has 0 aliphatic heterocycles. The van der Waals surface area contributed by atoms with Gasteiger partial charge in [-0.3, -0.25) is 0 Å². The van der Waals surface area contributed by atoms with Gasteiger partial charge < -0.3 is 4.74 Å². The topological polar surface area (TPSA) is 9.23 Å². The average Bonchev–Trinajstić information content (AvgIpc) is 1.98. The molecule has 1 atom stereocenters. The van der Waals surface area contributed by atoms with E-state index in [1.54, 1.807) is 7.11 Å². The number of hydrogen-bond acceptors (Lipinski definition) is 1. The number of rotatable bonds is 6. The summed E-state index contributed by atoms with van der Waals surface area (Å²) in [7, 11) is 1.77. The summed E-state index contributed by atoms with van der Waals surface area (Å²) in [5.41, 5.74) is 0. The van der Waals surface area contributed by atoms with Crippen LogP contribution in [0, 0.1) is 0 Å². The Morgan fingerprint density at radius 3 is 2.70 bits per heavy atom. The Hall–Kier alpha value is -0.300. The lowest BCUT2D eigenvalue weighted by Gasteiger charge is -2.11. The van der Waals surface area contributed by atoms with Crippen LogP contribution in [0.5, 0.6) is 0 Å². The van der Waals surface area contributed by atoms with Gasteiger partial charge in [0.2, 0.25) is 0 Å². The molecule has 0 aromatic rings. The maximum Gasteiger partial charge on any atom is 0.0605 e. The van der Waals surface area contributed by atoms with Crippen LogP contribution in [0.1, 0.15) is 32.6 Å². The monoisotopic (exact) mass is 142 g/mol. The van der Waals surface area contributed by atoms with Crippen LogP contribution in [0.25, 0.3) is 0 Å². The quantitative estimate of drug-likeness (QED) is 0.518. The summed E-state index contributed by atoms with van der Waals surface area (Å²) in [5, 5.41) is 0. The first-order valence-corrected chi connectivity index (χ1v) is 3.98. The van der Waals surface area contributed by atoms with E-state index in [-0.39, 0.29) is 0 Å². The second-order valence-corrected chi connectivity index (χ2v) is 2.52. The van der Waals surface area contributed by atoms with Crippen LogP contribution in [0.15, 0.2) is 12.7 Å². The molecule has 0 radical (unpaired) electrons. The van der Waals surface area contributed by atoms with Crippen LogP contribution in [0.3, 0.4) is 0 Å². The first-order chi connectivity index (χ1) is 4.85. The average molecular weight is 142 g/mol. The minimum atomic E-state index is 0.400. The standard InChI is InChI=1S/C9H18O/c1-4-6-8-9(10-3)7-5-2/h5,9H,2,4,6-8H2,1,3H3. The molecule has 60 valence electrons. The molecule has 0 rings (SSSR count). The largest absolute Gasteiger partial charge is 0.381 e. The third-order valence-electron chi connectivity index (χ3n) is 1.64. The van der Waals surface area contributed by atoms with Gasteiger partial charge in [-0.1, -0.05) is 25.8 Å². The van der Waals surface area contributed by atoms with Gasteiger partial charge in [-0.25, -0.2) is 0 Å². The van der Waals surface area contributed by atoms with Crippen LogP contribution >= 0.6 is 0 Å². The summed E-state index contributed by atoms with van der Waals surface area (Å²) in [6.07, 6.45) is 6.97. The smallest absolute Gasteiger partial charge is 0.0605 e. The summed E-state index contributed by atoms with van der Waals surface area (Å²) in [6, 6.07) is 0. The molecule has 1 heteroatoms. The van der Waals surface area contributed by atoms with Crippen LogP contribution in [0.4, 0.5) is 0 Å². The number of ether oxygens (including phenoxy) is 1. The molecule has 0 N–H and O–H groups in total. The highest BCUT2D eigenvalue weighted by atomic mass is 16.5. The highest BCUT2D eigenvalue weighted by Gasteiger charge is 2.02. The van der Waals surface area contributed by atoms with E-state index in [4.69, 9.17) is 4.74 Å². The van der Waals surface area contributed by atoms with Gasteiger partial charge in [-0.2, -0.15) is 0 Å². The molecular formula is C9H18O. The van der Waals surface area contributed by atoms with E-state index in [0.29, 0.717) is 6.10 Å². The van der Waals surface area contributed by atoms with Gasteiger partial charge in [0.05, 0.1) is 6.10 Å². The van der Waals surface area contributed by atoms with Crippen molar-refractivity contribution in [1.82, 2.24) is 0 Å². The molecular weight excluding hydrogens is 124 g/mol. The Kier molecular flexibility index (Phi) is 6.61. The first kappa shape index (κ1) is 9.70. The van der Waals surface area contributed by atoms with Crippen LogP contribution in [-0.4, -0.2) is 13.2 Å². The van der Waals surface area contributed by atoms with Gasteiger partial charge in [0.15, 0.2) is 0 Å². The van der Waals surface area contributed by atoms with Crippen molar-refractivity contribution in [2.24, 2.45) is 0 Å². The van der Waals surface area contributed by atoms with Crippen molar-refractivity contribution in [3.63, 3.8) is 0 Å². The fourth-order valence-corrected chi connectivity index (χ4v) is 0.950. The van der Waals surface area contributed by atoms with Crippen molar-refractivity contribution in [2.45, 2.75) is 38.7 Å². The zero-order chi connectivity index (χ0) is 7.82. The van der Waals surface area contributed by atoms with Crippen molar-refractivity contribution in [3.8, 4) is 0 Å². The molecule has 0 heterocycles. The SMILES string of the molecule is C=CCC(CCCC)OC. The molecule has 0 aromatic heterocycles. The fraction of sp³-hybridized carbons (Fsp3) is 0.778. The van der Waals surface area contributed by atoms with E-state index < -0.39 is 0 Å². The van der Waals surface area contributed by atoms with E-state index >= 15 is 0 Å². The van der Waals surface area contributed by atoms with Crippen molar-refractivity contribution in [1.29, 1.82) is 0 Å². The van der Waals surface area contributed by atoms with Gasteiger partial charge in [-0.05, 0) is 12.8 Å². The summed E-state index contributed by atoms with van der Waals surface area (Å²) in [5.74, 6) is 0. The minimum absolute atomic E-state index is 0.400. The van der Waals surface area contributed by atoms with Crippen molar-refractivity contribution < 1.29 is 4.74 Å². The zero-order valence-corrected chi connectivity index (χ0v) is 7.10. The summed E-state index contributed by atoms with van der Waals surface area (Å²) in [6.45, 7) is 5.87. The number of unbranched alkanes of at least 4 members (excludes halogenated alkanes) is 1.